The summed E-state index contributed by atoms with van der Waals surface area (Å²) < 4.78 is 22.6. The third kappa shape index (κ3) is 4.56. The maximum Gasteiger partial charge on any atom is 0.489 e. The van der Waals surface area contributed by atoms with E-state index in [-0.39, 0.29) is 6.23 Å². The first-order valence-electron chi connectivity index (χ1n) is 12.7. The molecule has 1 fully saturated rings. The number of ether oxygens (including phenoxy) is 1. The highest BCUT2D eigenvalue weighted by Gasteiger charge is 2.41. The minimum absolute atomic E-state index is 0.218. The Labute approximate surface area is 208 Å². The van der Waals surface area contributed by atoms with Crippen LogP contribution in [0.15, 0.2) is 24.4 Å². The van der Waals surface area contributed by atoms with Gasteiger partial charge < -0.3 is 14.8 Å². The third-order valence-corrected chi connectivity index (χ3v) is 14.1. The molecular weight excluding hydrogens is 458 g/mol. The van der Waals surface area contributed by atoms with Crippen molar-refractivity contribution in [2.24, 2.45) is 0 Å². The summed E-state index contributed by atoms with van der Waals surface area (Å²) in [6, 6.07) is 4.72. The molecule has 1 aliphatic rings. The maximum absolute atomic E-state index is 14.9. The van der Waals surface area contributed by atoms with Crippen molar-refractivity contribution in [3.63, 3.8) is 0 Å². The summed E-state index contributed by atoms with van der Waals surface area (Å²) in [4.78, 5) is 0. The molecule has 0 saturated carbocycles. The van der Waals surface area contributed by atoms with Crippen LogP contribution >= 0.6 is 0 Å². The Bertz CT molecular complexity index is 1260. The number of hydrogen-bond acceptors (Lipinski definition) is 4. The molecule has 0 bridgehead atoms. The van der Waals surface area contributed by atoms with E-state index in [0.717, 1.165) is 19.3 Å². The van der Waals surface area contributed by atoms with Gasteiger partial charge in [-0.2, -0.15) is 5.10 Å². The molecule has 2 aromatic carbocycles. The summed E-state index contributed by atoms with van der Waals surface area (Å²) in [7, 11) is -3.82. The van der Waals surface area contributed by atoms with Crippen LogP contribution in [0.3, 0.4) is 0 Å². The van der Waals surface area contributed by atoms with E-state index in [1.807, 2.05) is 6.07 Å². The molecule has 1 saturated heterocycles. The lowest BCUT2D eigenvalue weighted by Gasteiger charge is -2.38. The Morgan fingerprint density at radius 2 is 1.77 bits per heavy atom. The molecule has 35 heavy (non-hydrogen) atoms. The lowest BCUT2D eigenvalue weighted by Crippen LogP contribution is -2.43. The largest absolute Gasteiger partial charge is 0.489 e. The summed E-state index contributed by atoms with van der Waals surface area (Å²) >= 11 is 0. The van der Waals surface area contributed by atoms with Gasteiger partial charge in [-0.05, 0) is 64.9 Å². The molecule has 1 atom stereocenters. The fourth-order valence-electron chi connectivity index (χ4n) is 6.17. The van der Waals surface area contributed by atoms with E-state index in [4.69, 9.17) is 4.74 Å². The summed E-state index contributed by atoms with van der Waals surface area (Å²) in [5, 5.41) is 27.3. The van der Waals surface area contributed by atoms with Crippen LogP contribution < -0.4 is 5.46 Å². The topological polar surface area (TPSA) is 67.5 Å². The fourth-order valence-corrected chi connectivity index (χ4v) is 11.4. The second-order valence-corrected chi connectivity index (χ2v) is 16.3. The number of rotatable bonds is 5. The van der Waals surface area contributed by atoms with Crippen LogP contribution in [-0.4, -0.2) is 41.6 Å². The number of aromatic nitrogens is 2. The average Bonchev–Trinajstić information content (AvgIpc) is 3.20. The number of hydrogen-bond donors (Lipinski definition) is 2. The highest BCUT2D eigenvalue weighted by Crippen LogP contribution is 2.41. The second kappa shape index (κ2) is 10.1. The lowest BCUT2D eigenvalue weighted by atomic mass is 9.74. The van der Waals surface area contributed by atoms with E-state index >= 15 is 0 Å². The van der Waals surface area contributed by atoms with Gasteiger partial charge >= 0.3 is 7.12 Å². The van der Waals surface area contributed by atoms with E-state index < -0.39 is 21.0 Å². The molecule has 186 valence electrons. The van der Waals surface area contributed by atoms with E-state index in [1.165, 1.54) is 12.1 Å². The van der Waals surface area contributed by atoms with E-state index in [9.17, 15) is 14.4 Å². The Balaban J connectivity index is 2.00. The minimum atomic E-state index is -2.07. The number of halogens is 1. The van der Waals surface area contributed by atoms with Crippen molar-refractivity contribution in [2.45, 2.75) is 83.7 Å². The Morgan fingerprint density at radius 3 is 2.34 bits per heavy atom. The molecule has 0 amide bonds. The predicted octanol–water partition coefficient (Wildman–Crippen LogP) is 5.28. The second-order valence-electron chi connectivity index (χ2n) is 10.7. The summed E-state index contributed by atoms with van der Waals surface area (Å²) in [6.45, 7) is 14.1. The van der Waals surface area contributed by atoms with Gasteiger partial charge in [0.05, 0.1) is 11.7 Å². The summed E-state index contributed by atoms with van der Waals surface area (Å²) in [6.07, 6.45) is 4.32. The van der Waals surface area contributed by atoms with Gasteiger partial charge in [0.25, 0.3) is 0 Å². The van der Waals surface area contributed by atoms with Crippen LogP contribution in [0, 0.1) is 17.3 Å². The van der Waals surface area contributed by atoms with Crippen LogP contribution in [0.25, 0.3) is 21.7 Å². The number of benzene rings is 2. The normalized spacial score (nSPS) is 17.0. The molecule has 8 heteroatoms. The monoisotopic (exact) mass is 494 g/mol. The standard InChI is InChI=1S/C27H36BFN2O3Si/c1-17(2)35(18(3)4,19(5)6)12-10-20-13-22(29)14-21-15-24-23(27(26(20)21)28(32)33)16-30-31(24)25-9-7-8-11-34-25/h13-19,25,32-33H,7-9,11H2,1-6H3. The predicted molar refractivity (Wildman–Crippen MR) is 144 cm³/mol. The molecule has 4 rings (SSSR count). The van der Waals surface area contributed by atoms with Gasteiger partial charge in [0.1, 0.15) is 13.9 Å². The highest BCUT2D eigenvalue weighted by molar-refractivity contribution is 6.90. The molecule has 0 radical (unpaired) electrons. The van der Waals surface area contributed by atoms with Crippen molar-refractivity contribution < 1.29 is 19.2 Å². The molecule has 5 nitrogen and oxygen atoms in total. The molecule has 1 unspecified atom stereocenters. The van der Waals surface area contributed by atoms with Crippen LogP contribution in [0.2, 0.25) is 16.6 Å². The zero-order valence-electron chi connectivity index (χ0n) is 21.6. The summed E-state index contributed by atoms with van der Waals surface area (Å²) in [5.41, 5.74) is 6.45. The van der Waals surface area contributed by atoms with Gasteiger partial charge in [-0.15, -0.1) is 5.54 Å². The van der Waals surface area contributed by atoms with Gasteiger partial charge in [-0.3, -0.25) is 0 Å². The van der Waals surface area contributed by atoms with Gasteiger partial charge in [-0.1, -0.05) is 47.5 Å². The smallest absolute Gasteiger partial charge is 0.423 e. The van der Waals surface area contributed by atoms with Gasteiger partial charge in [-0.25, -0.2) is 9.07 Å². The zero-order chi connectivity index (χ0) is 25.5. The first-order chi connectivity index (χ1) is 16.6. The number of fused-ring (bicyclic) bond motifs is 2. The van der Waals surface area contributed by atoms with Crippen LogP contribution in [0.1, 0.15) is 72.6 Å². The quantitative estimate of drug-likeness (QED) is 0.374. The molecular formula is C27H36BFN2O3Si. The molecule has 2 N–H and O–H groups in total. The van der Waals surface area contributed by atoms with E-state index in [0.29, 0.717) is 55.9 Å². The first kappa shape index (κ1) is 25.9. The minimum Gasteiger partial charge on any atom is -0.423 e. The van der Waals surface area contributed by atoms with E-state index in [2.05, 4.69) is 58.1 Å². The highest BCUT2D eigenvalue weighted by atomic mass is 28.3. The molecule has 0 spiro atoms. The van der Waals surface area contributed by atoms with Crippen molar-refractivity contribution in [1.82, 2.24) is 9.78 Å². The van der Waals surface area contributed by atoms with Crippen molar-refractivity contribution >= 4 is 42.3 Å². The molecule has 0 aliphatic carbocycles. The Morgan fingerprint density at radius 1 is 1.09 bits per heavy atom. The maximum atomic E-state index is 14.9. The molecule has 1 aliphatic heterocycles. The van der Waals surface area contributed by atoms with Gasteiger partial charge in [0, 0.05) is 23.0 Å². The lowest BCUT2D eigenvalue weighted by molar-refractivity contribution is -0.0366. The van der Waals surface area contributed by atoms with Crippen LogP contribution in [0.5, 0.6) is 0 Å². The van der Waals surface area contributed by atoms with Crippen molar-refractivity contribution in [1.29, 1.82) is 0 Å². The SMILES string of the molecule is CC(C)[Si](C#Cc1cc(F)cc2cc3c(cnn3C3CCCCO3)c(B(O)O)c12)(C(C)C)C(C)C. The zero-order valence-corrected chi connectivity index (χ0v) is 22.6. The fraction of sp³-hybridized carbons (Fsp3) is 0.519. The molecule has 2 heterocycles. The van der Waals surface area contributed by atoms with Crippen molar-refractivity contribution in [3.05, 3.63) is 35.8 Å². The van der Waals surface area contributed by atoms with Gasteiger partial charge in [0.2, 0.25) is 0 Å². The summed E-state index contributed by atoms with van der Waals surface area (Å²) in [5.74, 6) is 2.94. The Kier molecular flexibility index (Phi) is 7.44. The Hall–Kier alpha value is -2.18. The van der Waals surface area contributed by atoms with Crippen LogP contribution in [-0.2, 0) is 4.74 Å². The van der Waals surface area contributed by atoms with Crippen LogP contribution in [0.4, 0.5) is 4.39 Å². The number of nitrogens with zero attached hydrogens (tertiary/aromatic N) is 2. The first-order valence-corrected chi connectivity index (χ1v) is 14.9. The van der Waals surface area contributed by atoms with E-state index in [1.54, 1.807) is 10.9 Å². The van der Waals surface area contributed by atoms with Crippen molar-refractivity contribution in [2.75, 3.05) is 6.61 Å². The average molecular weight is 494 g/mol. The van der Waals surface area contributed by atoms with Gasteiger partial charge in [0.15, 0.2) is 6.23 Å². The molecule has 1 aromatic heterocycles. The molecule has 3 aromatic rings. The van der Waals surface area contributed by atoms with Crippen molar-refractivity contribution in [3.8, 4) is 11.5 Å². The third-order valence-electron chi connectivity index (χ3n) is 7.79.